The molecule has 3 aromatic rings. The van der Waals surface area contributed by atoms with Crippen molar-refractivity contribution in [2.24, 2.45) is 0 Å². The largest absolute Gasteiger partial charge is 0.478 e. The molecule has 0 aliphatic carbocycles. The highest BCUT2D eigenvalue weighted by atomic mass is 35.5. The van der Waals surface area contributed by atoms with Crippen molar-refractivity contribution in [2.45, 2.75) is 12.5 Å². The quantitative estimate of drug-likeness (QED) is 0.319. The van der Waals surface area contributed by atoms with Crippen LogP contribution in [0, 0.1) is 11.6 Å². The molecule has 174 valence electrons. The van der Waals surface area contributed by atoms with Gasteiger partial charge in [0.25, 0.3) is 0 Å². The number of aromatic carboxylic acids is 1. The number of carboxylic acid groups (broad SMARTS) is 1. The Balaban J connectivity index is 1.77. The molecule has 0 bridgehead atoms. The van der Waals surface area contributed by atoms with Crippen molar-refractivity contribution in [3.63, 3.8) is 0 Å². The van der Waals surface area contributed by atoms with Crippen LogP contribution in [0.15, 0.2) is 72.8 Å². The van der Waals surface area contributed by atoms with E-state index in [0.717, 1.165) is 29.8 Å². The molecular formula is C25H19ClF2N2O4. The van der Waals surface area contributed by atoms with E-state index in [1.165, 1.54) is 24.3 Å². The fraction of sp³-hybridized carbons (Fsp3) is 0.0800. The second-order valence-corrected chi connectivity index (χ2v) is 7.62. The lowest BCUT2D eigenvalue weighted by molar-refractivity contribution is -0.123. The topological polar surface area (TPSA) is 95.5 Å². The molecule has 0 heterocycles. The summed E-state index contributed by atoms with van der Waals surface area (Å²) in [6.45, 7) is 0. The number of hydrogen-bond acceptors (Lipinski definition) is 3. The molecule has 0 saturated carbocycles. The van der Waals surface area contributed by atoms with Gasteiger partial charge in [0.2, 0.25) is 11.8 Å². The maximum atomic E-state index is 14.1. The molecule has 0 saturated heterocycles. The van der Waals surface area contributed by atoms with E-state index >= 15 is 0 Å². The summed E-state index contributed by atoms with van der Waals surface area (Å²) in [7, 11) is 0. The average molecular weight is 485 g/mol. The highest BCUT2D eigenvalue weighted by molar-refractivity contribution is 6.30. The number of carbonyl (C=O) groups is 3. The molecule has 2 amide bonds. The van der Waals surface area contributed by atoms with E-state index in [4.69, 9.17) is 16.7 Å². The van der Waals surface area contributed by atoms with E-state index in [9.17, 15) is 23.2 Å². The first-order valence-electron chi connectivity index (χ1n) is 10.0. The molecule has 0 aliphatic heterocycles. The number of anilines is 1. The van der Waals surface area contributed by atoms with Gasteiger partial charge in [0.15, 0.2) is 5.82 Å². The van der Waals surface area contributed by atoms with E-state index < -0.39 is 41.0 Å². The molecule has 1 atom stereocenters. The third kappa shape index (κ3) is 6.49. The molecule has 3 N–H and O–H groups in total. The molecular weight excluding hydrogens is 466 g/mol. The lowest BCUT2D eigenvalue weighted by Crippen LogP contribution is -2.44. The minimum absolute atomic E-state index is 0.0535. The Morgan fingerprint density at radius 3 is 2.29 bits per heavy atom. The van der Waals surface area contributed by atoms with Crippen LogP contribution in [0.25, 0.3) is 6.08 Å². The van der Waals surface area contributed by atoms with Gasteiger partial charge in [-0.2, -0.15) is 0 Å². The summed E-state index contributed by atoms with van der Waals surface area (Å²) in [4.78, 5) is 36.4. The van der Waals surface area contributed by atoms with Crippen LogP contribution in [0.5, 0.6) is 0 Å². The molecule has 34 heavy (non-hydrogen) atoms. The number of hydrogen-bond donors (Lipinski definition) is 3. The van der Waals surface area contributed by atoms with Crippen LogP contribution in [0.3, 0.4) is 0 Å². The summed E-state index contributed by atoms with van der Waals surface area (Å²) < 4.78 is 28.0. The number of benzene rings is 3. The van der Waals surface area contributed by atoms with Crippen LogP contribution in [0.4, 0.5) is 14.5 Å². The Morgan fingerprint density at radius 2 is 1.65 bits per heavy atom. The van der Waals surface area contributed by atoms with E-state index in [1.54, 1.807) is 30.3 Å². The second kappa shape index (κ2) is 11.2. The van der Waals surface area contributed by atoms with Crippen molar-refractivity contribution in [1.82, 2.24) is 5.32 Å². The van der Waals surface area contributed by atoms with Crippen LogP contribution < -0.4 is 10.6 Å². The summed E-state index contributed by atoms with van der Waals surface area (Å²) in [5, 5.41) is 13.9. The lowest BCUT2D eigenvalue weighted by atomic mass is 10.0. The Morgan fingerprint density at radius 1 is 0.971 bits per heavy atom. The van der Waals surface area contributed by atoms with Crippen LogP contribution in [-0.4, -0.2) is 28.9 Å². The van der Waals surface area contributed by atoms with Gasteiger partial charge in [0.1, 0.15) is 11.9 Å². The van der Waals surface area contributed by atoms with Gasteiger partial charge < -0.3 is 15.7 Å². The van der Waals surface area contributed by atoms with Gasteiger partial charge in [-0.25, -0.2) is 13.6 Å². The zero-order valence-corrected chi connectivity index (χ0v) is 18.4. The zero-order chi connectivity index (χ0) is 24.7. The van der Waals surface area contributed by atoms with Crippen molar-refractivity contribution in [1.29, 1.82) is 0 Å². The van der Waals surface area contributed by atoms with Gasteiger partial charge in [-0.05, 0) is 48.0 Å². The van der Waals surface area contributed by atoms with Crippen molar-refractivity contribution >= 4 is 41.1 Å². The standard InChI is InChI=1S/C25H19ClF2N2O4/c26-19-11-12-20(27)18(23(19)28)10-13-22(31)30-21(14-15-4-2-1-3-5-15)24(32)29-17-8-6-16(7-9-17)25(33)34/h1-13,21H,14H2,(H,29,32)(H,30,31)(H,33,34)/t21-/m0/s1. The van der Waals surface area contributed by atoms with Crippen molar-refractivity contribution in [3.05, 3.63) is 106 Å². The summed E-state index contributed by atoms with van der Waals surface area (Å²) >= 11 is 5.66. The Kier molecular flexibility index (Phi) is 8.10. The van der Waals surface area contributed by atoms with Crippen LogP contribution in [0.2, 0.25) is 5.02 Å². The third-order valence-corrected chi connectivity index (χ3v) is 5.09. The number of nitrogens with one attached hydrogen (secondary N) is 2. The van der Waals surface area contributed by atoms with Crippen molar-refractivity contribution in [3.8, 4) is 0 Å². The number of rotatable bonds is 8. The monoisotopic (exact) mass is 484 g/mol. The summed E-state index contributed by atoms with van der Waals surface area (Å²) in [5.74, 6) is -4.32. The van der Waals surface area contributed by atoms with Crippen molar-refractivity contribution in [2.75, 3.05) is 5.32 Å². The molecule has 3 rings (SSSR count). The summed E-state index contributed by atoms with van der Waals surface area (Å²) in [5.41, 5.74) is 0.670. The molecule has 0 unspecified atom stereocenters. The number of amides is 2. The number of carboxylic acids is 1. The molecule has 0 aliphatic rings. The molecule has 0 fully saturated rings. The molecule has 3 aromatic carbocycles. The van der Waals surface area contributed by atoms with Crippen molar-refractivity contribution < 1.29 is 28.3 Å². The van der Waals surface area contributed by atoms with Gasteiger partial charge in [-0.15, -0.1) is 0 Å². The number of halogens is 3. The first-order valence-corrected chi connectivity index (χ1v) is 10.4. The van der Waals surface area contributed by atoms with Crippen LogP contribution in [0.1, 0.15) is 21.5 Å². The van der Waals surface area contributed by atoms with Gasteiger partial charge in [0, 0.05) is 23.7 Å². The van der Waals surface area contributed by atoms with E-state index in [0.29, 0.717) is 5.69 Å². The Labute approximate surface area is 198 Å². The highest BCUT2D eigenvalue weighted by Gasteiger charge is 2.21. The van der Waals surface area contributed by atoms with Crippen LogP contribution in [-0.2, 0) is 16.0 Å². The maximum absolute atomic E-state index is 14.1. The average Bonchev–Trinajstić information content (AvgIpc) is 2.82. The first-order chi connectivity index (χ1) is 16.2. The first kappa shape index (κ1) is 24.6. The van der Waals surface area contributed by atoms with Gasteiger partial charge >= 0.3 is 5.97 Å². The summed E-state index contributed by atoms with van der Waals surface area (Å²) in [6.07, 6.45) is 1.98. The Hall–Kier alpha value is -4.04. The minimum Gasteiger partial charge on any atom is -0.478 e. The predicted octanol–water partition coefficient (Wildman–Crippen LogP) is 4.70. The minimum atomic E-state index is -1.11. The third-order valence-electron chi connectivity index (χ3n) is 4.80. The van der Waals surface area contributed by atoms with E-state index in [1.807, 2.05) is 0 Å². The molecule has 6 nitrogen and oxygen atoms in total. The number of carbonyl (C=O) groups excluding carboxylic acids is 2. The van der Waals surface area contributed by atoms with E-state index in [2.05, 4.69) is 10.6 Å². The molecule has 0 spiro atoms. The second-order valence-electron chi connectivity index (χ2n) is 7.21. The Bertz CT molecular complexity index is 1230. The summed E-state index contributed by atoms with van der Waals surface area (Å²) in [6, 6.07) is 15.4. The van der Waals surface area contributed by atoms with Gasteiger partial charge in [-0.1, -0.05) is 41.9 Å². The fourth-order valence-corrected chi connectivity index (χ4v) is 3.22. The zero-order valence-electron chi connectivity index (χ0n) is 17.6. The van der Waals surface area contributed by atoms with Crippen LogP contribution >= 0.6 is 11.6 Å². The lowest BCUT2D eigenvalue weighted by Gasteiger charge is -2.18. The fourth-order valence-electron chi connectivity index (χ4n) is 3.06. The van der Waals surface area contributed by atoms with Gasteiger partial charge in [0.05, 0.1) is 10.6 Å². The molecule has 9 heteroatoms. The highest BCUT2D eigenvalue weighted by Crippen LogP contribution is 2.22. The van der Waals surface area contributed by atoms with E-state index in [-0.39, 0.29) is 17.0 Å². The SMILES string of the molecule is O=C(C=Cc1c(F)ccc(Cl)c1F)N[C@@H](Cc1ccccc1)C(=O)Nc1ccc(C(=O)O)cc1. The van der Waals surface area contributed by atoms with Gasteiger partial charge in [-0.3, -0.25) is 9.59 Å². The molecule has 0 aromatic heterocycles. The smallest absolute Gasteiger partial charge is 0.335 e. The normalized spacial score (nSPS) is 11.7. The predicted molar refractivity (Wildman–Crippen MR) is 125 cm³/mol. The molecule has 0 radical (unpaired) electrons. The maximum Gasteiger partial charge on any atom is 0.335 e.